The number of hydrogen-bond donors (Lipinski definition) is 0. The quantitative estimate of drug-likeness (QED) is 0.299. The molecule has 2 aromatic rings. The van der Waals surface area contributed by atoms with Gasteiger partial charge < -0.3 is 4.74 Å². The van der Waals surface area contributed by atoms with E-state index in [-0.39, 0.29) is 11.8 Å². The first-order valence-electron chi connectivity index (χ1n) is 10.8. The third-order valence-corrected chi connectivity index (χ3v) is 6.03. The van der Waals surface area contributed by atoms with Gasteiger partial charge in [0.05, 0.1) is 11.1 Å². The molecule has 1 nitrogen and oxygen atoms in total. The minimum Gasteiger partial charge on any atom is -0.429 e. The van der Waals surface area contributed by atoms with Crippen molar-refractivity contribution in [3.63, 3.8) is 0 Å². The Hall–Kier alpha value is -2.44. The van der Waals surface area contributed by atoms with E-state index in [2.05, 4.69) is 12.2 Å². The van der Waals surface area contributed by atoms with Crippen molar-refractivity contribution < 1.29 is 31.1 Å². The topological polar surface area (TPSA) is 9.23 Å². The van der Waals surface area contributed by atoms with Gasteiger partial charge >= 0.3 is 12.3 Å². The summed E-state index contributed by atoms with van der Waals surface area (Å²) in [7, 11) is 0. The van der Waals surface area contributed by atoms with Gasteiger partial charge in [0.15, 0.2) is 0 Å². The summed E-state index contributed by atoms with van der Waals surface area (Å²) < 4.78 is 85.1. The van der Waals surface area contributed by atoms with Crippen LogP contribution < -0.4 is 4.74 Å². The molecule has 3 rings (SSSR count). The number of allylic oxidation sites excluding steroid dienone is 2. The van der Waals surface area contributed by atoms with Crippen LogP contribution in [0.2, 0.25) is 0 Å². The standard InChI is InChI=1S/C25H26F6O/c1-2-3-4-5-17-6-8-18(9-7-17)19-10-13-21(14-11-19)32-25(30,31)20-12-15-22(23(26)16-20)24(27,28)29/h2-3,10-18H,4-9H2,1H3/b3-2+. The molecule has 7 heteroatoms. The van der Waals surface area contributed by atoms with Crippen molar-refractivity contribution in [2.24, 2.45) is 5.92 Å². The lowest BCUT2D eigenvalue weighted by molar-refractivity contribution is -0.186. The van der Waals surface area contributed by atoms with Crippen molar-refractivity contribution in [3.05, 3.63) is 77.1 Å². The summed E-state index contributed by atoms with van der Waals surface area (Å²) in [4.78, 5) is 0. The smallest absolute Gasteiger partial charge is 0.426 e. The van der Waals surface area contributed by atoms with Gasteiger partial charge in [-0.15, -0.1) is 0 Å². The maximum absolute atomic E-state index is 14.4. The van der Waals surface area contributed by atoms with Crippen LogP contribution in [-0.2, 0) is 12.3 Å². The van der Waals surface area contributed by atoms with Crippen LogP contribution in [0.4, 0.5) is 26.3 Å². The Morgan fingerprint density at radius 2 is 1.59 bits per heavy atom. The SMILES string of the molecule is C/C=C/CCC1CCC(c2ccc(OC(F)(F)c3ccc(C(F)(F)F)c(F)c3)cc2)CC1. The molecule has 174 valence electrons. The molecule has 1 aliphatic carbocycles. The first kappa shape index (κ1) is 24.2. The average Bonchev–Trinajstić information content (AvgIpc) is 2.74. The number of ether oxygens (including phenoxy) is 1. The van der Waals surface area contributed by atoms with E-state index < -0.39 is 29.2 Å². The summed E-state index contributed by atoms with van der Waals surface area (Å²) in [6, 6.07) is 7.29. The fourth-order valence-corrected chi connectivity index (χ4v) is 4.22. The highest BCUT2D eigenvalue weighted by atomic mass is 19.4. The van der Waals surface area contributed by atoms with Crippen LogP contribution in [0, 0.1) is 11.7 Å². The fourth-order valence-electron chi connectivity index (χ4n) is 4.22. The van der Waals surface area contributed by atoms with E-state index in [4.69, 9.17) is 4.74 Å². The molecule has 0 saturated heterocycles. The van der Waals surface area contributed by atoms with E-state index in [1.807, 2.05) is 6.92 Å². The zero-order valence-corrected chi connectivity index (χ0v) is 17.8. The number of rotatable bonds is 7. The molecule has 0 N–H and O–H groups in total. The molecule has 0 aromatic heterocycles. The Morgan fingerprint density at radius 1 is 0.938 bits per heavy atom. The maximum atomic E-state index is 14.4. The molecule has 0 heterocycles. The number of alkyl halides is 5. The van der Waals surface area contributed by atoms with Crippen molar-refractivity contribution in [1.82, 2.24) is 0 Å². The van der Waals surface area contributed by atoms with Crippen molar-refractivity contribution in [1.29, 1.82) is 0 Å². The van der Waals surface area contributed by atoms with Gasteiger partial charge in [-0.2, -0.15) is 22.0 Å². The Morgan fingerprint density at radius 3 is 2.16 bits per heavy atom. The summed E-state index contributed by atoms with van der Waals surface area (Å²) in [6.45, 7) is 2.02. The van der Waals surface area contributed by atoms with Gasteiger partial charge in [0.1, 0.15) is 11.6 Å². The molecular weight excluding hydrogens is 430 g/mol. The lowest BCUT2D eigenvalue weighted by atomic mass is 9.77. The van der Waals surface area contributed by atoms with Crippen LogP contribution in [-0.4, -0.2) is 0 Å². The van der Waals surface area contributed by atoms with E-state index in [1.165, 1.54) is 18.6 Å². The molecule has 0 unspecified atom stereocenters. The highest BCUT2D eigenvalue weighted by Gasteiger charge is 2.39. The first-order valence-corrected chi connectivity index (χ1v) is 10.8. The molecule has 0 atom stereocenters. The first-order chi connectivity index (χ1) is 15.1. The van der Waals surface area contributed by atoms with Gasteiger partial charge in [0.25, 0.3) is 0 Å². The highest BCUT2D eigenvalue weighted by Crippen LogP contribution is 2.39. The number of halogens is 6. The monoisotopic (exact) mass is 456 g/mol. The lowest BCUT2D eigenvalue weighted by Crippen LogP contribution is -2.23. The molecule has 1 saturated carbocycles. The predicted molar refractivity (Wildman–Crippen MR) is 111 cm³/mol. The van der Waals surface area contributed by atoms with Crippen LogP contribution in [0.1, 0.15) is 68.1 Å². The lowest BCUT2D eigenvalue weighted by Gasteiger charge is -2.28. The highest BCUT2D eigenvalue weighted by molar-refractivity contribution is 5.32. The second-order valence-electron chi connectivity index (χ2n) is 8.24. The minimum atomic E-state index is -4.96. The largest absolute Gasteiger partial charge is 0.429 e. The summed E-state index contributed by atoms with van der Waals surface area (Å²) in [5.74, 6) is -0.826. The van der Waals surface area contributed by atoms with E-state index in [0.717, 1.165) is 37.7 Å². The van der Waals surface area contributed by atoms with Crippen molar-refractivity contribution >= 4 is 0 Å². The maximum Gasteiger partial charge on any atom is 0.426 e. The molecule has 1 aliphatic rings. The Labute approximate surface area is 184 Å². The van der Waals surface area contributed by atoms with Gasteiger partial charge in [-0.3, -0.25) is 0 Å². The fraction of sp³-hybridized carbons (Fsp3) is 0.440. The second-order valence-corrected chi connectivity index (χ2v) is 8.24. The van der Waals surface area contributed by atoms with Crippen LogP contribution in [0.25, 0.3) is 0 Å². The summed E-state index contributed by atoms with van der Waals surface area (Å²) >= 11 is 0. The molecule has 0 spiro atoms. The predicted octanol–water partition coefficient (Wildman–Crippen LogP) is 8.60. The van der Waals surface area contributed by atoms with E-state index >= 15 is 0 Å². The van der Waals surface area contributed by atoms with Crippen LogP contribution >= 0.6 is 0 Å². The van der Waals surface area contributed by atoms with Crippen molar-refractivity contribution in [2.45, 2.75) is 63.7 Å². The van der Waals surface area contributed by atoms with Gasteiger partial charge in [0, 0.05) is 0 Å². The Kier molecular flexibility index (Phi) is 7.57. The average molecular weight is 456 g/mol. The summed E-state index contributed by atoms with van der Waals surface area (Å²) in [6.07, 6.45) is 1.95. The van der Waals surface area contributed by atoms with Gasteiger partial charge in [-0.1, -0.05) is 24.3 Å². The third-order valence-electron chi connectivity index (χ3n) is 6.03. The Balaban J connectivity index is 1.61. The summed E-state index contributed by atoms with van der Waals surface area (Å²) in [5.41, 5.74) is -1.53. The zero-order chi connectivity index (χ0) is 23.4. The van der Waals surface area contributed by atoms with Crippen molar-refractivity contribution in [3.8, 4) is 5.75 Å². The van der Waals surface area contributed by atoms with Crippen molar-refractivity contribution in [2.75, 3.05) is 0 Å². The molecule has 0 radical (unpaired) electrons. The molecule has 0 bridgehead atoms. The van der Waals surface area contributed by atoms with E-state index in [0.29, 0.717) is 24.0 Å². The van der Waals surface area contributed by atoms with Gasteiger partial charge in [0.2, 0.25) is 0 Å². The van der Waals surface area contributed by atoms with E-state index in [1.54, 1.807) is 12.1 Å². The minimum absolute atomic E-state index is 0.140. The van der Waals surface area contributed by atoms with Crippen LogP contribution in [0.5, 0.6) is 5.75 Å². The third kappa shape index (κ3) is 6.08. The summed E-state index contributed by atoms with van der Waals surface area (Å²) in [5, 5.41) is 0. The molecular formula is C25H26F6O. The van der Waals surface area contributed by atoms with Crippen LogP contribution in [0.15, 0.2) is 54.6 Å². The number of hydrogen-bond acceptors (Lipinski definition) is 1. The molecule has 32 heavy (non-hydrogen) atoms. The van der Waals surface area contributed by atoms with Gasteiger partial charge in [-0.05, 0) is 93.2 Å². The second kappa shape index (κ2) is 10.0. The van der Waals surface area contributed by atoms with Crippen LogP contribution in [0.3, 0.4) is 0 Å². The van der Waals surface area contributed by atoms with E-state index in [9.17, 15) is 26.3 Å². The number of benzene rings is 2. The molecule has 2 aromatic carbocycles. The zero-order valence-electron chi connectivity index (χ0n) is 17.8. The van der Waals surface area contributed by atoms with Gasteiger partial charge in [-0.25, -0.2) is 4.39 Å². The molecule has 0 amide bonds. The molecule has 0 aliphatic heterocycles. The Bertz CT molecular complexity index is 909. The molecule has 1 fully saturated rings. The normalized spacial score (nSPS) is 20.0.